The van der Waals surface area contributed by atoms with Gasteiger partial charge in [0.2, 0.25) is 5.28 Å². The largest absolute Gasteiger partial charge is 0.272 e. The van der Waals surface area contributed by atoms with Crippen molar-refractivity contribution in [2.75, 3.05) is 0 Å². The molecule has 0 atom stereocenters. The fraction of sp³-hybridized carbons (Fsp3) is 0.417. The second-order valence-electron chi connectivity index (χ2n) is 4.61. The van der Waals surface area contributed by atoms with Gasteiger partial charge in [0.1, 0.15) is 0 Å². The summed E-state index contributed by atoms with van der Waals surface area (Å²) in [5.41, 5.74) is 2.79. The van der Waals surface area contributed by atoms with E-state index < -0.39 is 0 Å². The lowest BCUT2D eigenvalue weighted by molar-refractivity contribution is 0.677. The Morgan fingerprint density at radius 1 is 1.33 bits per heavy atom. The molecule has 0 saturated heterocycles. The molecular formula is C12H12Cl2N4. The van der Waals surface area contributed by atoms with Crippen LogP contribution < -0.4 is 0 Å². The molecule has 1 aliphatic rings. The van der Waals surface area contributed by atoms with Crippen molar-refractivity contribution in [3.05, 3.63) is 28.4 Å². The molecule has 3 rings (SSSR count). The van der Waals surface area contributed by atoms with Crippen molar-refractivity contribution in [3.63, 3.8) is 0 Å². The van der Waals surface area contributed by atoms with Gasteiger partial charge in [-0.3, -0.25) is 4.68 Å². The first kappa shape index (κ1) is 11.9. The summed E-state index contributed by atoms with van der Waals surface area (Å²) >= 11 is 12.0. The van der Waals surface area contributed by atoms with E-state index in [9.17, 15) is 0 Å². The molecule has 0 bridgehead atoms. The average molecular weight is 283 g/mol. The van der Waals surface area contributed by atoms with Crippen molar-refractivity contribution in [2.24, 2.45) is 13.0 Å². The Balaban J connectivity index is 2.07. The lowest BCUT2D eigenvalue weighted by Gasteiger charge is -2.06. The number of hydrogen-bond donors (Lipinski definition) is 0. The summed E-state index contributed by atoms with van der Waals surface area (Å²) in [6.07, 6.45) is 6.93. The molecule has 6 heteroatoms. The van der Waals surface area contributed by atoms with E-state index in [0.717, 1.165) is 23.6 Å². The fourth-order valence-electron chi connectivity index (χ4n) is 2.03. The lowest BCUT2D eigenvalue weighted by atomic mass is 10.1. The van der Waals surface area contributed by atoms with E-state index in [0.29, 0.717) is 10.7 Å². The first-order chi connectivity index (χ1) is 8.65. The van der Waals surface area contributed by atoms with Crippen molar-refractivity contribution >= 4 is 23.2 Å². The highest BCUT2D eigenvalue weighted by Crippen LogP contribution is 2.36. The van der Waals surface area contributed by atoms with E-state index in [1.807, 2.05) is 11.7 Å². The van der Waals surface area contributed by atoms with Crippen molar-refractivity contribution < 1.29 is 0 Å². The molecule has 4 nitrogen and oxygen atoms in total. The lowest BCUT2D eigenvalue weighted by Crippen LogP contribution is -2.01. The number of nitrogens with zero attached hydrogens (tertiary/aromatic N) is 4. The quantitative estimate of drug-likeness (QED) is 0.813. The minimum absolute atomic E-state index is 0.204. The Labute approximate surface area is 115 Å². The number of aryl methyl sites for hydroxylation is 1. The third-order valence-electron chi connectivity index (χ3n) is 3.21. The molecule has 18 heavy (non-hydrogen) atoms. The van der Waals surface area contributed by atoms with Crippen LogP contribution in [0.2, 0.25) is 10.3 Å². The molecule has 1 aliphatic carbocycles. The van der Waals surface area contributed by atoms with E-state index >= 15 is 0 Å². The Hall–Kier alpha value is -1.13. The van der Waals surface area contributed by atoms with Gasteiger partial charge in [-0.25, -0.2) is 9.97 Å². The summed E-state index contributed by atoms with van der Waals surface area (Å²) in [4.78, 5) is 8.08. The minimum atomic E-state index is 0.204. The SMILES string of the molecule is Cn1ncc(-c2nc(Cl)ncc2Cl)c1CC1CC1. The van der Waals surface area contributed by atoms with Gasteiger partial charge in [-0.05, 0) is 36.8 Å². The molecule has 2 heterocycles. The molecule has 0 amide bonds. The maximum absolute atomic E-state index is 6.14. The highest BCUT2D eigenvalue weighted by molar-refractivity contribution is 6.33. The molecule has 0 N–H and O–H groups in total. The van der Waals surface area contributed by atoms with Crippen LogP contribution in [0.5, 0.6) is 0 Å². The number of hydrogen-bond acceptors (Lipinski definition) is 3. The Morgan fingerprint density at radius 3 is 2.83 bits per heavy atom. The standard InChI is InChI=1S/C12H12Cl2N4/c1-18-10(4-7-2-3-7)8(5-16-18)11-9(13)6-15-12(14)17-11/h5-7H,2-4H2,1H3. The van der Waals surface area contributed by atoms with Gasteiger partial charge in [0.05, 0.1) is 23.1 Å². The molecule has 94 valence electrons. The van der Waals surface area contributed by atoms with Crippen LogP contribution in [0.25, 0.3) is 11.3 Å². The van der Waals surface area contributed by atoms with Gasteiger partial charge >= 0.3 is 0 Å². The van der Waals surface area contributed by atoms with Crippen LogP contribution in [0.4, 0.5) is 0 Å². The second-order valence-corrected chi connectivity index (χ2v) is 5.36. The zero-order valence-corrected chi connectivity index (χ0v) is 11.4. The first-order valence-electron chi connectivity index (χ1n) is 5.84. The van der Waals surface area contributed by atoms with E-state index in [1.54, 1.807) is 6.20 Å². The summed E-state index contributed by atoms with van der Waals surface area (Å²) < 4.78 is 1.89. The zero-order chi connectivity index (χ0) is 12.7. The summed E-state index contributed by atoms with van der Waals surface area (Å²) in [7, 11) is 1.94. The van der Waals surface area contributed by atoms with E-state index in [2.05, 4.69) is 15.1 Å². The van der Waals surface area contributed by atoms with Crippen LogP contribution in [-0.4, -0.2) is 19.7 Å². The summed E-state index contributed by atoms with van der Waals surface area (Å²) in [6.45, 7) is 0. The first-order valence-corrected chi connectivity index (χ1v) is 6.60. The molecule has 0 unspecified atom stereocenters. The predicted molar refractivity (Wildman–Crippen MR) is 70.7 cm³/mol. The topological polar surface area (TPSA) is 43.6 Å². The molecule has 0 aromatic carbocycles. The Kier molecular flexibility index (Phi) is 2.99. The van der Waals surface area contributed by atoms with Gasteiger partial charge in [0, 0.05) is 18.3 Å². The van der Waals surface area contributed by atoms with Crippen LogP contribution in [0.3, 0.4) is 0 Å². The highest BCUT2D eigenvalue weighted by Gasteiger charge is 2.26. The fourth-order valence-corrected chi connectivity index (χ4v) is 2.36. The van der Waals surface area contributed by atoms with E-state index in [4.69, 9.17) is 23.2 Å². The zero-order valence-electron chi connectivity index (χ0n) is 9.90. The summed E-state index contributed by atoms with van der Waals surface area (Å²) in [5.74, 6) is 0.773. The van der Waals surface area contributed by atoms with Crippen molar-refractivity contribution in [1.29, 1.82) is 0 Å². The summed E-state index contributed by atoms with van der Waals surface area (Å²) in [6, 6.07) is 0. The van der Waals surface area contributed by atoms with E-state index in [1.165, 1.54) is 19.0 Å². The van der Waals surface area contributed by atoms with Crippen LogP contribution >= 0.6 is 23.2 Å². The molecule has 2 aromatic heterocycles. The molecule has 1 saturated carbocycles. The maximum atomic E-state index is 6.14. The van der Waals surface area contributed by atoms with Crippen molar-refractivity contribution in [3.8, 4) is 11.3 Å². The minimum Gasteiger partial charge on any atom is -0.272 e. The molecule has 0 radical (unpaired) electrons. The van der Waals surface area contributed by atoms with Gasteiger partial charge in [-0.1, -0.05) is 11.6 Å². The third kappa shape index (κ3) is 2.22. The smallest absolute Gasteiger partial charge is 0.222 e. The molecule has 2 aromatic rings. The van der Waals surface area contributed by atoms with Gasteiger partial charge < -0.3 is 0 Å². The number of rotatable bonds is 3. The van der Waals surface area contributed by atoms with Crippen molar-refractivity contribution in [1.82, 2.24) is 19.7 Å². The maximum Gasteiger partial charge on any atom is 0.222 e. The predicted octanol–water partition coefficient (Wildman–Crippen LogP) is 3.14. The molecule has 1 fully saturated rings. The number of aromatic nitrogens is 4. The van der Waals surface area contributed by atoms with E-state index in [-0.39, 0.29) is 5.28 Å². The monoisotopic (exact) mass is 282 g/mol. The normalized spacial score (nSPS) is 15.1. The van der Waals surface area contributed by atoms with Crippen molar-refractivity contribution in [2.45, 2.75) is 19.3 Å². The second kappa shape index (κ2) is 4.52. The molecule has 0 aliphatic heterocycles. The Bertz CT molecular complexity index is 590. The van der Waals surface area contributed by atoms with Gasteiger partial charge in [-0.2, -0.15) is 5.10 Å². The van der Waals surface area contributed by atoms with Crippen LogP contribution in [0.15, 0.2) is 12.4 Å². The van der Waals surface area contributed by atoms with Crippen LogP contribution in [-0.2, 0) is 13.5 Å². The molecule has 0 spiro atoms. The van der Waals surface area contributed by atoms with Gasteiger partial charge in [0.15, 0.2) is 0 Å². The van der Waals surface area contributed by atoms with Gasteiger partial charge in [-0.15, -0.1) is 0 Å². The third-order valence-corrected chi connectivity index (χ3v) is 3.67. The highest BCUT2D eigenvalue weighted by atomic mass is 35.5. The number of halogens is 2. The van der Waals surface area contributed by atoms with Crippen LogP contribution in [0, 0.1) is 5.92 Å². The van der Waals surface area contributed by atoms with Gasteiger partial charge in [0.25, 0.3) is 0 Å². The van der Waals surface area contributed by atoms with Crippen LogP contribution in [0.1, 0.15) is 18.5 Å². The molecular weight excluding hydrogens is 271 g/mol. The Morgan fingerprint density at radius 2 is 2.11 bits per heavy atom. The average Bonchev–Trinajstić information content (AvgIpc) is 3.09. The summed E-state index contributed by atoms with van der Waals surface area (Å²) in [5, 5.41) is 5.01.